The molecule has 19 heavy (non-hydrogen) atoms. The van der Waals surface area contributed by atoms with E-state index >= 15 is 0 Å². The molecule has 0 spiro atoms. The average molecular weight is 264 g/mol. The van der Waals surface area contributed by atoms with Crippen molar-refractivity contribution in [2.24, 2.45) is 5.92 Å². The molecule has 0 aliphatic rings. The molecule has 1 atom stereocenters. The first-order valence-corrected chi connectivity index (χ1v) is 5.97. The van der Waals surface area contributed by atoms with E-state index in [1.807, 2.05) is 6.92 Å². The normalized spacial score (nSPS) is 11.7. The highest BCUT2D eigenvalue weighted by atomic mass is 16.5. The molecular weight excluding hydrogens is 248 g/mol. The van der Waals surface area contributed by atoms with Crippen LogP contribution < -0.4 is 0 Å². The number of carbonyl (C=O) groups excluding carboxylic acids is 2. The summed E-state index contributed by atoms with van der Waals surface area (Å²) in [5.74, 6) is -3.28. The van der Waals surface area contributed by atoms with Crippen LogP contribution in [0.4, 0.5) is 0 Å². The zero-order valence-electron chi connectivity index (χ0n) is 10.9. The fourth-order valence-electron chi connectivity index (χ4n) is 1.86. The summed E-state index contributed by atoms with van der Waals surface area (Å²) in [5, 5.41) is 9.05. The van der Waals surface area contributed by atoms with Crippen molar-refractivity contribution in [1.29, 1.82) is 0 Å². The van der Waals surface area contributed by atoms with Crippen LogP contribution >= 0.6 is 0 Å². The molecule has 102 valence electrons. The van der Waals surface area contributed by atoms with Crippen molar-refractivity contribution in [3.63, 3.8) is 0 Å². The second-order valence-corrected chi connectivity index (χ2v) is 4.08. The highest BCUT2D eigenvalue weighted by Crippen LogP contribution is 2.19. The number of ether oxygens (including phenoxy) is 1. The number of Topliss-reactive ketones (excluding diaryl/α,β-unsaturated/α-hetero) is 1. The van der Waals surface area contributed by atoms with E-state index in [-0.39, 0.29) is 11.1 Å². The Labute approximate surface area is 111 Å². The average Bonchev–Trinajstić information content (AvgIpc) is 2.43. The minimum atomic E-state index is -1.19. The molecular formula is C14H16O5. The predicted octanol–water partition coefficient (Wildman–Crippen LogP) is 2.16. The van der Waals surface area contributed by atoms with Gasteiger partial charge in [0.2, 0.25) is 0 Å². The molecule has 0 amide bonds. The lowest BCUT2D eigenvalue weighted by Crippen LogP contribution is -2.26. The van der Waals surface area contributed by atoms with Crippen molar-refractivity contribution < 1.29 is 24.2 Å². The van der Waals surface area contributed by atoms with Gasteiger partial charge in [-0.05, 0) is 12.5 Å². The molecule has 0 aliphatic heterocycles. The summed E-state index contributed by atoms with van der Waals surface area (Å²) in [7, 11) is 1.21. The first-order valence-electron chi connectivity index (χ1n) is 5.97. The third kappa shape index (κ3) is 3.40. The maximum Gasteiger partial charge on any atom is 0.336 e. The van der Waals surface area contributed by atoms with Crippen molar-refractivity contribution >= 4 is 17.7 Å². The zero-order chi connectivity index (χ0) is 14.4. The summed E-state index contributed by atoms with van der Waals surface area (Å²) in [5.41, 5.74) is -0.0589. The number of esters is 1. The van der Waals surface area contributed by atoms with Crippen LogP contribution in [0.3, 0.4) is 0 Å². The van der Waals surface area contributed by atoms with E-state index < -0.39 is 23.6 Å². The Balaban J connectivity index is 3.16. The van der Waals surface area contributed by atoms with Crippen LogP contribution in [0.25, 0.3) is 0 Å². The highest BCUT2D eigenvalue weighted by Gasteiger charge is 2.30. The van der Waals surface area contributed by atoms with Gasteiger partial charge in [0.15, 0.2) is 5.78 Å². The maximum absolute atomic E-state index is 12.3. The van der Waals surface area contributed by atoms with Crippen LogP contribution in [0.2, 0.25) is 0 Å². The summed E-state index contributed by atoms with van der Waals surface area (Å²) >= 11 is 0. The Bertz CT molecular complexity index is 492. The van der Waals surface area contributed by atoms with Gasteiger partial charge in [-0.2, -0.15) is 0 Å². The number of benzene rings is 1. The number of aromatic carboxylic acids is 1. The minimum absolute atomic E-state index is 0.0406. The largest absolute Gasteiger partial charge is 0.478 e. The molecule has 0 saturated heterocycles. The Morgan fingerprint density at radius 3 is 2.26 bits per heavy atom. The van der Waals surface area contributed by atoms with Gasteiger partial charge in [0.25, 0.3) is 0 Å². The van der Waals surface area contributed by atoms with Crippen LogP contribution in [0.1, 0.15) is 40.5 Å². The molecule has 0 radical (unpaired) electrons. The molecule has 5 nitrogen and oxygen atoms in total. The fraction of sp³-hybridized carbons (Fsp3) is 0.357. The number of methoxy groups -OCH3 is 1. The van der Waals surface area contributed by atoms with Crippen molar-refractivity contribution in [2.45, 2.75) is 19.8 Å². The van der Waals surface area contributed by atoms with Gasteiger partial charge in [-0.25, -0.2) is 4.79 Å². The summed E-state index contributed by atoms with van der Waals surface area (Å²) in [6.45, 7) is 1.84. The second-order valence-electron chi connectivity index (χ2n) is 4.08. The summed E-state index contributed by atoms with van der Waals surface area (Å²) in [4.78, 5) is 35.0. The standard InChI is InChI=1S/C14H16O5/c1-3-6-11(14(18)19-2)12(15)9-7-4-5-8-10(9)13(16)17/h4-5,7-8,11H,3,6H2,1-2H3,(H,16,17). The number of hydrogen-bond donors (Lipinski definition) is 1. The number of hydrogen-bond acceptors (Lipinski definition) is 4. The Hall–Kier alpha value is -2.17. The van der Waals surface area contributed by atoms with Crippen molar-refractivity contribution in [3.05, 3.63) is 35.4 Å². The summed E-state index contributed by atoms with van der Waals surface area (Å²) in [6.07, 6.45) is 0.959. The van der Waals surface area contributed by atoms with Gasteiger partial charge >= 0.3 is 11.9 Å². The summed E-state index contributed by atoms with van der Waals surface area (Å²) in [6, 6.07) is 5.86. The molecule has 0 bridgehead atoms. The number of ketones is 1. The number of carboxylic acid groups (broad SMARTS) is 1. The zero-order valence-corrected chi connectivity index (χ0v) is 10.9. The number of carbonyl (C=O) groups is 3. The van der Waals surface area contributed by atoms with Crippen molar-refractivity contribution in [2.75, 3.05) is 7.11 Å². The number of carboxylic acids is 1. The number of rotatable bonds is 6. The molecule has 1 N–H and O–H groups in total. The first-order chi connectivity index (χ1) is 9.02. The van der Waals surface area contributed by atoms with Gasteiger partial charge in [0, 0.05) is 5.56 Å². The summed E-state index contributed by atoms with van der Waals surface area (Å²) < 4.78 is 4.60. The van der Waals surface area contributed by atoms with E-state index in [1.165, 1.54) is 25.3 Å². The van der Waals surface area contributed by atoms with Crippen molar-refractivity contribution in [3.8, 4) is 0 Å². The van der Waals surface area contributed by atoms with Gasteiger partial charge in [0.1, 0.15) is 5.92 Å². The SMILES string of the molecule is CCCC(C(=O)OC)C(=O)c1ccccc1C(=O)O. The molecule has 0 aliphatic carbocycles. The predicted molar refractivity (Wildman–Crippen MR) is 68.1 cm³/mol. The topological polar surface area (TPSA) is 80.7 Å². The van der Waals surface area contributed by atoms with Gasteiger partial charge in [-0.3, -0.25) is 9.59 Å². The van der Waals surface area contributed by atoms with Gasteiger partial charge in [0.05, 0.1) is 12.7 Å². The molecule has 0 aromatic heterocycles. The molecule has 1 unspecified atom stereocenters. The van der Waals surface area contributed by atoms with Crippen LogP contribution in [-0.2, 0) is 9.53 Å². The minimum Gasteiger partial charge on any atom is -0.478 e. The smallest absolute Gasteiger partial charge is 0.336 e. The molecule has 0 saturated carbocycles. The van der Waals surface area contributed by atoms with E-state index in [0.717, 1.165) is 0 Å². The van der Waals surface area contributed by atoms with Crippen LogP contribution in [0.15, 0.2) is 24.3 Å². The quantitative estimate of drug-likeness (QED) is 0.483. The molecule has 1 rings (SSSR count). The maximum atomic E-state index is 12.3. The lowest BCUT2D eigenvalue weighted by molar-refractivity contribution is -0.143. The fourth-order valence-corrected chi connectivity index (χ4v) is 1.86. The lowest BCUT2D eigenvalue weighted by Gasteiger charge is -2.13. The van der Waals surface area contributed by atoms with Gasteiger partial charge < -0.3 is 9.84 Å². The van der Waals surface area contributed by atoms with Gasteiger partial charge in [-0.15, -0.1) is 0 Å². The van der Waals surface area contributed by atoms with Crippen LogP contribution in [0.5, 0.6) is 0 Å². The molecule has 1 aromatic carbocycles. The van der Waals surface area contributed by atoms with Crippen LogP contribution in [-0.4, -0.2) is 29.9 Å². The first kappa shape index (κ1) is 14.9. The van der Waals surface area contributed by atoms with E-state index in [2.05, 4.69) is 4.74 Å². The van der Waals surface area contributed by atoms with E-state index in [9.17, 15) is 14.4 Å². The van der Waals surface area contributed by atoms with Gasteiger partial charge in [-0.1, -0.05) is 31.5 Å². The third-order valence-electron chi connectivity index (χ3n) is 2.80. The van der Waals surface area contributed by atoms with E-state index in [4.69, 9.17) is 5.11 Å². The Kier molecular flexibility index (Phi) is 5.23. The molecule has 1 aromatic rings. The molecule has 0 heterocycles. The Morgan fingerprint density at radius 2 is 1.79 bits per heavy atom. The highest BCUT2D eigenvalue weighted by molar-refractivity contribution is 6.13. The molecule has 5 heteroatoms. The second kappa shape index (κ2) is 6.68. The molecule has 0 fully saturated rings. The lowest BCUT2D eigenvalue weighted by atomic mass is 9.91. The third-order valence-corrected chi connectivity index (χ3v) is 2.80. The van der Waals surface area contributed by atoms with E-state index in [1.54, 1.807) is 6.07 Å². The Morgan fingerprint density at radius 1 is 1.21 bits per heavy atom. The monoisotopic (exact) mass is 264 g/mol. The van der Waals surface area contributed by atoms with Crippen LogP contribution in [0, 0.1) is 5.92 Å². The van der Waals surface area contributed by atoms with Crippen molar-refractivity contribution in [1.82, 2.24) is 0 Å². The van der Waals surface area contributed by atoms with E-state index in [0.29, 0.717) is 12.8 Å².